The van der Waals surface area contributed by atoms with Crippen molar-refractivity contribution in [2.24, 2.45) is 0 Å². The molecule has 144 valence electrons. The molecule has 3 N–H and O–H groups in total. The molecule has 0 unspecified atom stereocenters. The minimum absolute atomic E-state index is 0.412. The lowest BCUT2D eigenvalue weighted by Crippen LogP contribution is -2.33. The number of nitrogens with zero attached hydrogens (tertiary/aromatic N) is 3. The van der Waals surface area contributed by atoms with Gasteiger partial charge in [0, 0.05) is 10.4 Å². The monoisotopic (exact) mass is 401 g/mol. The summed E-state index contributed by atoms with van der Waals surface area (Å²) in [5.74, 6) is 0.563. The molecule has 1 aromatic carbocycles. The highest BCUT2D eigenvalue weighted by atomic mass is 35.5. The molecule has 4 atom stereocenters. The van der Waals surface area contributed by atoms with Crippen molar-refractivity contribution in [2.75, 3.05) is 6.61 Å². The van der Waals surface area contributed by atoms with E-state index in [1.165, 1.54) is 6.33 Å². The minimum atomic E-state index is -1.24. The van der Waals surface area contributed by atoms with Crippen molar-refractivity contribution in [1.29, 1.82) is 0 Å². The van der Waals surface area contributed by atoms with Gasteiger partial charge in [0.05, 0.1) is 23.8 Å². The maximum atomic E-state index is 10.6. The Morgan fingerprint density at radius 1 is 1.14 bits per heavy atom. The van der Waals surface area contributed by atoms with Crippen LogP contribution in [0.25, 0.3) is 33.4 Å². The molecule has 1 fully saturated rings. The zero-order valence-electron chi connectivity index (χ0n) is 14.4. The van der Waals surface area contributed by atoms with E-state index in [9.17, 15) is 15.3 Å². The normalized spacial score (nSPS) is 25.1. The van der Waals surface area contributed by atoms with Gasteiger partial charge in [-0.05, 0) is 30.3 Å². The van der Waals surface area contributed by atoms with Gasteiger partial charge in [-0.25, -0.2) is 9.97 Å². The smallest absolute Gasteiger partial charge is 0.165 e. The number of fused-ring (bicyclic) bond motifs is 3. The molecule has 9 heteroatoms. The van der Waals surface area contributed by atoms with Crippen LogP contribution in [0.2, 0.25) is 5.02 Å². The number of furan rings is 1. The molecule has 1 aliphatic rings. The van der Waals surface area contributed by atoms with Gasteiger partial charge in [0.15, 0.2) is 12.0 Å². The van der Waals surface area contributed by atoms with Crippen LogP contribution in [0.1, 0.15) is 6.23 Å². The Morgan fingerprint density at radius 2 is 2.00 bits per heavy atom. The van der Waals surface area contributed by atoms with Crippen molar-refractivity contribution in [3.63, 3.8) is 0 Å². The molecule has 4 aromatic rings. The fourth-order valence-corrected chi connectivity index (χ4v) is 3.96. The fourth-order valence-electron chi connectivity index (χ4n) is 3.79. The molecule has 0 spiro atoms. The van der Waals surface area contributed by atoms with Gasteiger partial charge in [-0.15, -0.1) is 0 Å². The van der Waals surface area contributed by atoms with Crippen LogP contribution in [-0.4, -0.2) is 54.8 Å². The second-order valence-corrected chi connectivity index (χ2v) is 7.09. The Kier molecular flexibility index (Phi) is 4.11. The van der Waals surface area contributed by atoms with Gasteiger partial charge >= 0.3 is 0 Å². The standard InChI is InChI=1S/C19H16ClN3O5/c20-9-3-4-11-10(6-9)14-15(12-2-1-5-27-12)21-8-22-18(14)23(11)19-17(26)16(25)13(7-24)28-19/h1-6,8,13,16-17,19,24-26H,7H2/t13-,16+,17+,19-/m0/s1. The van der Waals surface area contributed by atoms with Crippen molar-refractivity contribution < 1.29 is 24.5 Å². The summed E-state index contributed by atoms with van der Waals surface area (Å²) in [7, 11) is 0. The molecule has 1 aliphatic heterocycles. The Balaban J connectivity index is 1.84. The number of aromatic nitrogens is 3. The zero-order chi connectivity index (χ0) is 19.4. The van der Waals surface area contributed by atoms with Gasteiger partial charge in [-0.1, -0.05) is 11.6 Å². The van der Waals surface area contributed by atoms with Crippen molar-refractivity contribution in [1.82, 2.24) is 14.5 Å². The van der Waals surface area contributed by atoms with Crippen molar-refractivity contribution >= 4 is 33.5 Å². The van der Waals surface area contributed by atoms with E-state index < -0.39 is 31.1 Å². The maximum absolute atomic E-state index is 10.6. The van der Waals surface area contributed by atoms with E-state index >= 15 is 0 Å². The molecule has 8 nitrogen and oxygen atoms in total. The number of halogens is 1. The summed E-state index contributed by atoms with van der Waals surface area (Å²) >= 11 is 6.24. The van der Waals surface area contributed by atoms with Crippen molar-refractivity contribution in [3.05, 3.63) is 47.9 Å². The van der Waals surface area contributed by atoms with E-state index in [0.717, 1.165) is 5.39 Å². The Hall–Kier alpha value is -2.49. The van der Waals surface area contributed by atoms with E-state index in [1.54, 1.807) is 41.2 Å². The number of hydrogen-bond acceptors (Lipinski definition) is 7. The third-order valence-corrected chi connectivity index (χ3v) is 5.30. The Labute approximate surface area is 163 Å². The second kappa shape index (κ2) is 6.54. The zero-order valence-corrected chi connectivity index (χ0v) is 15.2. The number of aliphatic hydroxyl groups excluding tert-OH is 3. The lowest BCUT2D eigenvalue weighted by Gasteiger charge is -2.18. The third kappa shape index (κ3) is 2.47. The number of hydrogen-bond donors (Lipinski definition) is 3. The predicted molar refractivity (Wildman–Crippen MR) is 101 cm³/mol. The lowest BCUT2D eigenvalue weighted by atomic mass is 10.1. The van der Waals surface area contributed by atoms with Crippen LogP contribution in [0.3, 0.4) is 0 Å². The summed E-state index contributed by atoms with van der Waals surface area (Å²) < 4.78 is 13.0. The van der Waals surface area contributed by atoms with Gasteiger partial charge in [0.2, 0.25) is 0 Å². The van der Waals surface area contributed by atoms with Gasteiger partial charge in [-0.2, -0.15) is 0 Å². The molecule has 28 heavy (non-hydrogen) atoms. The van der Waals surface area contributed by atoms with Gasteiger partial charge in [0.25, 0.3) is 0 Å². The molecular formula is C19H16ClN3O5. The molecule has 0 radical (unpaired) electrons. The minimum Gasteiger partial charge on any atom is -0.463 e. The average molecular weight is 402 g/mol. The summed E-state index contributed by atoms with van der Waals surface area (Å²) in [4.78, 5) is 8.79. The van der Waals surface area contributed by atoms with E-state index in [0.29, 0.717) is 33.0 Å². The Bertz CT molecular complexity index is 1160. The first kappa shape index (κ1) is 17.6. The SMILES string of the molecule is OC[C@@H]1O[C@H](n2c3ccc(Cl)cc3c3c(-c4ccco4)ncnc32)[C@H](O)[C@@H]1O. The van der Waals surface area contributed by atoms with E-state index in [1.807, 2.05) is 0 Å². The fraction of sp³-hybridized carbons (Fsp3) is 0.263. The quantitative estimate of drug-likeness (QED) is 0.481. The Morgan fingerprint density at radius 3 is 2.71 bits per heavy atom. The van der Waals surface area contributed by atoms with Gasteiger partial charge in [-0.3, -0.25) is 4.57 Å². The maximum Gasteiger partial charge on any atom is 0.165 e. The van der Waals surface area contributed by atoms with Crippen molar-refractivity contribution in [2.45, 2.75) is 24.5 Å². The predicted octanol–water partition coefficient (Wildman–Crippen LogP) is 2.11. The largest absolute Gasteiger partial charge is 0.463 e. The van der Waals surface area contributed by atoms with Crippen LogP contribution in [0.4, 0.5) is 0 Å². The first-order valence-corrected chi connectivity index (χ1v) is 9.08. The average Bonchev–Trinajstić information content (AvgIpc) is 3.40. The summed E-state index contributed by atoms with van der Waals surface area (Å²) in [6.45, 7) is -0.412. The highest BCUT2D eigenvalue weighted by Crippen LogP contribution is 2.40. The molecule has 3 aromatic heterocycles. The molecule has 5 rings (SSSR count). The number of ether oxygens (including phenoxy) is 1. The number of aliphatic hydroxyl groups is 3. The second-order valence-electron chi connectivity index (χ2n) is 6.66. The van der Waals surface area contributed by atoms with Crippen molar-refractivity contribution in [3.8, 4) is 11.5 Å². The topological polar surface area (TPSA) is 114 Å². The summed E-state index contributed by atoms with van der Waals surface area (Å²) in [5.41, 5.74) is 1.77. The summed E-state index contributed by atoms with van der Waals surface area (Å²) in [6, 6.07) is 8.86. The lowest BCUT2D eigenvalue weighted by molar-refractivity contribution is -0.0489. The molecule has 1 saturated heterocycles. The molecule has 0 saturated carbocycles. The molecule has 4 heterocycles. The first-order chi connectivity index (χ1) is 13.6. The highest BCUT2D eigenvalue weighted by Gasteiger charge is 2.44. The van der Waals surface area contributed by atoms with E-state index in [4.69, 9.17) is 20.8 Å². The third-order valence-electron chi connectivity index (χ3n) is 5.07. The number of rotatable bonds is 3. The van der Waals surface area contributed by atoms with Crippen LogP contribution in [0, 0.1) is 0 Å². The number of benzene rings is 1. The molecule has 0 aliphatic carbocycles. The highest BCUT2D eigenvalue weighted by molar-refractivity contribution is 6.32. The van der Waals surface area contributed by atoms with Crippen LogP contribution < -0.4 is 0 Å². The van der Waals surface area contributed by atoms with Gasteiger partial charge in [0.1, 0.15) is 36.0 Å². The van der Waals surface area contributed by atoms with Crippen LogP contribution in [0.5, 0.6) is 0 Å². The van der Waals surface area contributed by atoms with E-state index in [2.05, 4.69) is 9.97 Å². The molecule has 0 amide bonds. The molecule has 0 bridgehead atoms. The van der Waals surface area contributed by atoms with Crippen LogP contribution in [-0.2, 0) is 4.74 Å². The van der Waals surface area contributed by atoms with E-state index in [-0.39, 0.29) is 0 Å². The summed E-state index contributed by atoms with van der Waals surface area (Å²) in [6.07, 6.45) is -1.34. The van der Waals surface area contributed by atoms with Crippen LogP contribution in [0.15, 0.2) is 47.3 Å². The summed E-state index contributed by atoms with van der Waals surface area (Å²) in [5, 5.41) is 32.2. The van der Waals surface area contributed by atoms with Gasteiger partial charge < -0.3 is 24.5 Å². The molecular weight excluding hydrogens is 386 g/mol. The first-order valence-electron chi connectivity index (χ1n) is 8.70. The van der Waals surface area contributed by atoms with Crippen LogP contribution >= 0.6 is 11.6 Å².